The van der Waals surface area contributed by atoms with E-state index in [2.05, 4.69) is 0 Å². The predicted octanol–water partition coefficient (Wildman–Crippen LogP) is 4.33. The zero-order chi connectivity index (χ0) is 22.9. The number of esters is 2. The van der Waals surface area contributed by atoms with Gasteiger partial charge in [0.15, 0.2) is 6.10 Å². The Labute approximate surface area is 193 Å². The topological polar surface area (TPSA) is 71.1 Å². The summed E-state index contributed by atoms with van der Waals surface area (Å²) in [5.41, 5.74) is 2.40. The molecule has 1 heterocycles. The van der Waals surface area contributed by atoms with Gasteiger partial charge in [-0.3, -0.25) is 4.79 Å². The molecule has 0 aliphatic carbocycles. The van der Waals surface area contributed by atoms with E-state index >= 15 is 0 Å². The number of benzene rings is 3. The van der Waals surface area contributed by atoms with E-state index in [0.29, 0.717) is 18.8 Å². The minimum Gasteiger partial charge on any atom is -0.458 e. The van der Waals surface area contributed by atoms with Crippen LogP contribution in [0.5, 0.6) is 0 Å². The molecule has 0 radical (unpaired) electrons. The summed E-state index contributed by atoms with van der Waals surface area (Å²) < 4.78 is 23.3. The van der Waals surface area contributed by atoms with Gasteiger partial charge in [0.25, 0.3) is 0 Å². The fraction of sp³-hybridized carbons (Fsp3) is 0.259. The van der Waals surface area contributed by atoms with Crippen LogP contribution in [0.15, 0.2) is 91.0 Å². The average molecular weight is 446 g/mol. The van der Waals surface area contributed by atoms with E-state index in [4.69, 9.17) is 18.9 Å². The van der Waals surface area contributed by atoms with Crippen LogP contribution in [0, 0.1) is 0 Å². The fourth-order valence-corrected chi connectivity index (χ4v) is 3.66. The fourth-order valence-electron chi connectivity index (χ4n) is 3.66. The van der Waals surface area contributed by atoms with Crippen molar-refractivity contribution in [1.29, 1.82) is 0 Å². The van der Waals surface area contributed by atoms with Crippen molar-refractivity contribution in [2.24, 2.45) is 0 Å². The molecule has 0 bridgehead atoms. The molecule has 0 N–H and O–H groups in total. The second-order valence-corrected chi connectivity index (χ2v) is 7.79. The van der Waals surface area contributed by atoms with Crippen LogP contribution in [0.25, 0.3) is 0 Å². The second kappa shape index (κ2) is 11.4. The van der Waals surface area contributed by atoms with Crippen molar-refractivity contribution in [3.8, 4) is 0 Å². The number of carbonyl (C=O) groups excluding carboxylic acids is 2. The Balaban J connectivity index is 1.46. The zero-order valence-electron chi connectivity index (χ0n) is 18.2. The van der Waals surface area contributed by atoms with Gasteiger partial charge in [-0.25, -0.2) is 4.79 Å². The molecule has 6 nitrogen and oxygen atoms in total. The Kier molecular flexibility index (Phi) is 7.85. The van der Waals surface area contributed by atoms with Crippen molar-refractivity contribution in [2.75, 3.05) is 6.61 Å². The molecule has 1 fully saturated rings. The van der Waals surface area contributed by atoms with Gasteiger partial charge in [-0.15, -0.1) is 0 Å². The van der Waals surface area contributed by atoms with Crippen LogP contribution in [0.4, 0.5) is 0 Å². The minimum atomic E-state index is -0.775. The van der Waals surface area contributed by atoms with Crippen molar-refractivity contribution in [3.63, 3.8) is 0 Å². The van der Waals surface area contributed by atoms with E-state index in [-0.39, 0.29) is 13.0 Å². The van der Waals surface area contributed by atoms with E-state index in [9.17, 15) is 9.59 Å². The summed E-state index contributed by atoms with van der Waals surface area (Å²) in [5, 5.41) is 0. The number of carbonyl (C=O) groups is 2. The summed E-state index contributed by atoms with van der Waals surface area (Å²) in [6.45, 7) is 0.530. The maximum absolute atomic E-state index is 12.4. The molecule has 1 aliphatic rings. The van der Waals surface area contributed by atoms with Crippen LogP contribution in [0.2, 0.25) is 0 Å². The van der Waals surface area contributed by atoms with Gasteiger partial charge in [0.2, 0.25) is 0 Å². The molecule has 33 heavy (non-hydrogen) atoms. The van der Waals surface area contributed by atoms with Crippen LogP contribution in [-0.4, -0.2) is 36.9 Å². The molecular formula is C27H26O6. The number of hydrogen-bond donors (Lipinski definition) is 0. The van der Waals surface area contributed by atoms with Gasteiger partial charge in [-0.2, -0.15) is 0 Å². The molecule has 0 spiro atoms. The van der Waals surface area contributed by atoms with Crippen LogP contribution in [0.3, 0.4) is 0 Å². The first-order chi connectivity index (χ1) is 16.2. The van der Waals surface area contributed by atoms with E-state index < -0.39 is 30.3 Å². The first-order valence-electron chi connectivity index (χ1n) is 10.9. The molecule has 1 saturated heterocycles. The van der Waals surface area contributed by atoms with Crippen molar-refractivity contribution < 1.29 is 28.5 Å². The monoisotopic (exact) mass is 446 g/mol. The zero-order valence-corrected chi connectivity index (χ0v) is 18.2. The maximum atomic E-state index is 12.4. The van der Waals surface area contributed by atoms with Crippen molar-refractivity contribution in [1.82, 2.24) is 0 Å². The van der Waals surface area contributed by atoms with Gasteiger partial charge in [-0.1, -0.05) is 78.9 Å². The highest BCUT2D eigenvalue weighted by molar-refractivity contribution is 5.89. The Morgan fingerprint density at radius 2 is 1.33 bits per heavy atom. The van der Waals surface area contributed by atoms with Crippen molar-refractivity contribution in [2.45, 2.75) is 37.9 Å². The Morgan fingerprint density at radius 3 is 1.94 bits per heavy atom. The standard InChI is InChI=1S/C27H26O6/c28-25-16-23(30-17-20-10-4-1-5-11-20)26(31-18-21-12-6-2-7-13-21)24(33-25)19-32-27(29)22-14-8-3-9-15-22/h1-15,23-24,26H,16-19H2/t23-,24-,26+/m1/s1. The Morgan fingerprint density at radius 1 is 0.788 bits per heavy atom. The summed E-state index contributed by atoms with van der Waals surface area (Å²) in [6, 6.07) is 28.1. The quantitative estimate of drug-likeness (QED) is 0.456. The van der Waals surface area contributed by atoms with Crippen LogP contribution < -0.4 is 0 Å². The maximum Gasteiger partial charge on any atom is 0.338 e. The molecule has 0 amide bonds. The van der Waals surface area contributed by atoms with Crippen LogP contribution >= 0.6 is 0 Å². The average Bonchev–Trinajstić information content (AvgIpc) is 2.87. The van der Waals surface area contributed by atoms with Gasteiger partial charge in [0, 0.05) is 0 Å². The largest absolute Gasteiger partial charge is 0.458 e. The molecule has 3 atom stereocenters. The van der Waals surface area contributed by atoms with E-state index in [1.807, 2.05) is 66.7 Å². The smallest absolute Gasteiger partial charge is 0.338 e. The lowest BCUT2D eigenvalue weighted by atomic mass is 10.0. The summed E-state index contributed by atoms with van der Waals surface area (Å²) >= 11 is 0. The minimum absolute atomic E-state index is 0.0649. The number of hydrogen-bond acceptors (Lipinski definition) is 6. The highest BCUT2D eigenvalue weighted by atomic mass is 16.6. The van der Waals surface area contributed by atoms with Crippen molar-refractivity contribution >= 4 is 11.9 Å². The Bertz CT molecular complexity index is 1020. The molecule has 4 rings (SSSR count). The van der Waals surface area contributed by atoms with E-state index in [1.54, 1.807) is 24.3 Å². The third-order valence-electron chi connectivity index (χ3n) is 5.36. The van der Waals surface area contributed by atoms with Gasteiger partial charge in [-0.05, 0) is 23.3 Å². The number of cyclic esters (lactones) is 1. The normalized spacial score (nSPS) is 20.1. The third kappa shape index (κ3) is 6.51. The lowest BCUT2D eigenvalue weighted by Gasteiger charge is -2.36. The van der Waals surface area contributed by atoms with Gasteiger partial charge >= 0.3 is 11.9 Å². The molecule has 6 heteroatoms. The van der Waals surface area contributed by atoms with E-state index in [1.165, 1.54) is 0 Å². The molecule has 0 saturated carbocycles. The Hall–Kier alpha value is -3.48. The first-order valence-corrected chi connectivity index (χ1v) is 10.9. The molecular weight excluding hydrogens is 420 g/mol. The van der Waals surface area contributed by atoms with Crippen LogP contribution in [0.1, 0.15) is 27.9 Å². The highest BCUT2D eigenvalue weighted by Crippen LogP contribution is 2.25. The van der Waals surface area contributed by atoms with Crippen LogP contribution in [-0.2, 0) is 37.0 Å². The molecule has 0 aromatic heterocycles. The molecule has 0 unspecified atom stereocenters. The first kappa shape index (κ1) is 22.7. The molecule has 170 valence electrons. The summed E-state index contributed by atoms with van der Waals surface area (Å²) in [6.07, 6.45) is -1.83. The predicted molar refractivity (Wildman–Crippen MR) is 121 cm³/mol. The summed E-state index contributed by atoms with van der Waals surface area (Å²) in [5.74, 6) is -0.894. The van der Waals surface area contributed by atoms with Crippen molar-refractivity contribution in [3.05, 3.63) is 108 Å². The molecule has 1 aliphatic heterocycles. The lowest BCUT2D eigenvalue weighted by Crippen LogP contribution is -2.51. The van der Waals surface area contributed by atoms with E-state index in [0.717, 1.165) is 11.1 Å². The highest BCUT2D eigenvalue weighted by Gasteiger charge is 2.41. The summed E-state index contributed by atoms with van der Waals surface area (Å²) in [7, 11) is 0. The summed E-state index contributed by atoms with van der Waals surface area (Å²) in [4.78, 5) is 24.7. The molecule has 3 aromatic carbocycles. The van der Waals surface area contributed by atoms with Gasteiger partial charge < -0.3 is 18.9 Å². The van der Waals surface area contributed by atoms with Gasteiger partial charge in [0.1, 0.15) is 12.7 Å². The molecule has 3 aromatic rings. The van der Waals surface area contributed by atoms with Gasteiger partial charge in [0.05, 0.1) is 31.3 Å². The number of rotatable bonds is 9. The SMILES string of the molecule is O=C1C[C@@H](OCc2ccccc2)[C@H](OCc2ccccc2)[C@@H](COC(=O)c2ccccc2)O1. The number of ether oxygens (including phenoxy) is 4. The second-order valence-electron chi connectivity index (χ2n) is 7.79. The lowest BCUT2D eigenvalue weighted by molar-refractivity contribution is -0.202. The third-order valence-corrected chi connectivity index (χ3v) is 5.36.